The maximum Gasteiger partial charge on any atom is 0.193 e. The molecular weight excluding hydrogens is 405 g/mol. The largest absolute Gasteiger partial charge is 0.497 e. The number of anilines is 1. The lowest BCUT2D eigenvalue weighted by Crippen LogP contribution is -2.22. The van der Waals surface area contributed by atoms with E-state index in [1.54, 1.807) is 14.2 Å². The average Bonchev–Trinajstić information content (AvgIpc) is 2.53. The molecule has 6 heteroatoms. The molecule has 0 aromatic heterocycles. The molecule has 124 valence electrons. The van der Waals surface area contributed by atoms with E-state index in [0.29, 0.717) is 12.5 Å². The van der Waals surface area contributed by atoms with Crippen LogP contribution in [0.4, 0.5) is 5.69 Å². The van der Waals surface area contributed by atoms with E-state index in [4.69, 9.17) is 15.2 Å². The fraction of sp³-hybridized carbons (Fsp3) is 0.235. The van der Waals surface area contributed by atoms with Crippen molar-refractivity contribution in [2.45, 2.75) is 13.5 Å². The summed E-state index contributed by atoms with van der Waals surface area (Å²) in [4.78, 5) is 4.35. The number of guanidine groups is 1. The summed E-state index contributed by atoms with van der Waals surface area (Å²) < 4.78 is 10.5. The summed E-state index contributed by atoms with van der Waals surface area (Å²) >= 11 is 0. The van der Waals surface area contributed by atoms with Crippen molar-refractivity contribution in [1.82, 2.24) is 0 Å². The average molecular weight is 427 g/mol. The topological polar surface area (TPSA) is 68.9 Å². The van der Waals surface area contributed by atoms with Crippen molar-refractivity contribution in [1.29, 1.82) is 0 Å². The van der Waals surface area contributed by atoms with Crippen molar-refractivity contribution < 1.29 is 9.47 Å². The van der Waals surface area contributed by atoms with E-state index in [0.717, 1.165) is 28.3 Å². The van der Waals surface area contributed by atoms with Gasteiger partial charge < -0.3 is 20.5 Å². The van der Waals surface area contributed by atoms with Crippen molar-refractivity contribution in [2.24, 2.45) is 10.7 Å². The van der Waals surface area contributed by atoms with Crippen LogP contribution >= 0.6 is 24.0 Å². The number of hydrogen-bond donors (Lipinski definition) is 2. The van der Waals surface area contributed by atoms with Crippen molar-refractivity contribution in [3.8, 4) is 11.5 Å². The summed E-state index contributed by atoms with van der Waals surface area (Å²) in [5, 5.41) is 3.04. The van der Waals surface area contributed by atoms with Gasteiger partial charge in [-0.15, -0.1) is 24.0 Å². The van der Waals surface area contributed by atoms with Gasteiger partial charge in [0.15, 0.2) is 5.96 Å². The van der Waals surface area contributed by atoms with E-state index in [2.05, 4.69) is 10.3 Å². The quantitative estimate of drug-likeness (QED) is 0.435. The highest BCUT2D eigenvalue weighted by molar-refractivity contribution is 14.0. The first-order valence-corrected chi connectivity index (χ1v) is 6.97. The molecule has 2 aromatic rings. The van der Waals surface area contributed by atoms with Gasteiger partial charge >= 0.3 is 0 Å². The lowest BCUT2D eigenvalue weighted by atomic mass is 10.1. The molecule has 0 saturated carbocycles. The van der Waals surface area contributed by atoms with Gasteiger partial charge in [0.25, 0.3) is 0 Å². The first kappa shape index (κ1) is 19.1. The lowest BCUT2D eigenvalue weighted by molar-refractivity contribution is 0.409. The van der Waals surface area contributed by atoms with Crippen LogP contribution in [0.1, 0.15) is 11.1 Å². The van der Waals surface area contributed by atoms with E-state index >= 15 is 0 Å². The molecule has 3 N–H and O–H groups in total. The Morgan fingerprint density at radius 1 is 1.13 bits per heavy atom. The lowest BCUT2D eigenvalue weighted by Gasteiger charge is -2.09. The zero-order valence-electron chi connectivity index (χ0n) is 13.5. The van der Waals surface area contributed by atoms with Crippen molar-refractivity contribution in [3.63, 3.8) is 0 Å². The van der Waals surface area contributed by atoms with Gasteiger partial charge in [0.2, 0.25) is 0 Å². The van der Waals surface area contributed by atoms with Gasteiger partial charge in [-0.3, -0.25) is 0 Å². The summed E-state index contributed by atoms with van der Waals surface area (Å²) in [5.41, 5.74) is 8.89. The minimum Gasteiger partial charge on any atom is -0.497 e. The second-order valence-corrected chi connectivity index (χ2v) is 4.87. The number of nitrogens with one attached hydrogen (secondary N) is 1. The van der Waals surface area contributed by atoms with Crippen LogP contribution < -0.4 is 20.5 Å². The minimum absolute atomic E-state index is 0. The monoisotopic (exact) mass is 427 g/mol. The Morgan fingerprint density at radius 2 is 1.91 bits per heavy atom. The summed E-state index contributed by atoms with van der Waals surface area (Å²) in [5.74, 6) is 1.92. The summed E-state index contributed by atoms with van der Waals surface area (Å²) in [6.07, 6.45) is 0. The number of nitrogens with two attached hydrogens (primary N) is 1. The molecule has 2 aromatic carbocycles. The first-order chi connectivity index (χ1) is 10.6. The first-order valence-electron chi connectivity index (χ1n) is 6.97. The number of methoxy groups -OCH3 is 2. The molecule has 0 spiro atoms. The second kappa shape index (κ2) is 9.24. The predicted octanol–water partition coefficient (Wildman–Crippen LogP) is 3.56. The van der Waals surface area contributed by atoms with Crippen LogP contribution in [0, 0.1) is 6.92 Å². The molecule has 0 radical (unpaired) electrons. The minimum atomic E-state index is 0. The highest BCUT2D eigenvalue weighted by Gasteiger charge is 2.03. The van der Waals surface area contributed by atoms with E-state index in [1.807, 2.05) is 49.4 Å². The normalized spacial score (nSPS) is 10.7. The summed E-state index contributed by atoms with van der Waals surface area (Å²) in [6.45, 7) is 2.47. The molecule has 0 aliphatic carbocycles. The van der Waals surface area contributed by atoms with Crippen LogP contribution in [-0.2, 0) is 6.54 Å². The van der Waals surface area contributed by atoms with Gasteiger partial charge in [-0.1, -0.05) is 18.2 Å². The van der Waals surface area contributed by atoms with E-state index < -0.39 is 0 Å². The van der Waals surface area contributed by atoms with Crippen LogP contribution in [-0.4, -0.2) is 20.2 Å². The molecule has 5 nitrogen and oxygen atoms in total. The number of rotatable bonds is 5. The van der Waals surface area contributed by atoms with Gasteiger partial charge in [0.1, 0.15) is 11.5 Å². The third-order valence-electron chi connectivity index (χ3n) is 3.20. The predicted molar refractivity (Wildman–Crippen MR) is 105 cm³/mol. The zero-order chi connectivity index (χ0) is 15.9. The number of nitrogens with zero attached hydrogens (tertiary/aromatic N) is 1. The second-order valence-electron chi connectivity index (χ2n) is 4.87. The molecule has 0 aliphatic rings. The number of aryl methyl sites for hydroxylation is 1. The zero-order valence-corrected chi connectivity index (χ0v) is 15.8. The maximum absolute atomic E-state index is 5.92. The SMILES string of the molecule is COc1cccc(NC(N)=NCc2ccc(C)cc2OC)c1.I. The number of aliphatic imine (C=N–C) groups is 1. The van der Waals surface area contributed by atoms with Crippen molar-refractivity contribution in [2.75, 3.05) is 19.5 Å². The van der Waals surface area contributed by atoms with E-state index in [-0.39, 0.29) is 24.0 Å². The fourth-order valence-electron chi connectivity index (χ4n) is 2.04. The number of ether oxygens (including phenoxy) is 2. The molecule has 0 bridgehead atoms. The number of benzene rings is 2. The van der Waals surface area contributed by atoms with Crippen molar-refractivity contribution in [3.05, 3.63) is 53.6 Å². The van der Waals surface area contributed by atoms with Gasteiger partial charge in [0, 0.05) is 17.3 Å². The van der Waals surface area contributed by atoms with Crippen LogP contribution in [0.5, 0.6) is 11.5 Å². The van der Waals surface area contributed by atoms with Crippen molar-refractivity contribution >= 4 is 35.6 Å². The smallest absolute Gasteiger partial charge is 0.193 e. The number of halogens is 1. The third kappa shape index (κ3) is 5.63. The molecule has 0 heterocycles. The molecule has 0 saturated heterocycles. The molecule has 23 heavy (non-hydrogen) atoms. The van der Waals surface area contributed by atoms with Crippen LogP contribution in [0.15, 0.2) is 47.5 Å². The molecule has 0 amide bonds. The van der Waals surface area contributed by atoms with Gasteiger partial charge in [0.05, 0.1) is 20.8 Å². The fourth-order valence-corrected chi connectivity index (χ4v) is 2.04. The van der Waals surface area contributed by atoms with Gasteiger partial charge in [-0.05, 0) is 30.7 Å². The molecule has 0 atom stereocenters. The van der Waals surface area contributed by atoms with E-state index in [1.165, 1.54) is 0 Å². The Morgan fingerprint density at radius 3 is 2.61 bits per heavy atom. The highest BCUT2D eigenvalue weighted by atomic mass is 127. The standard InChI is InChI=1S/C17H21N3O2.HI/c1-12-7-8-13(16(9-12)22-3)11-19-17(18)20-14-5-4-6-15(10-14)21-2;/h4-10H,11H2,1-3H3,(H3,18,19,20);1H. The molecule has 0 unspecified atom stereocenters. The Labute approximate surface area is 153 Å². The Balaban J connectivity index is 0.00000264. The van der Waals surface area contributed by atoms with E-state index in [9.17, 15) is 0 Å². The van der Waals surface area contributed by atoms with Gasteiger partial charge in [-0.25, -0.2) is 4.99 Å². The Kier molecular flexibility index (Phi) is 7.67. The van der Waals surface area contributed by atoms with Crippen LogP contribution in [0.25, 0.3) is 0 Å². The Bertz CT molecular complexity index is 675. The molecule has 0 fully saturated rings. The van der Waals surface area contributed by atoms with Crippen LogP contribution in [0.2, 0.25) is 0 Å². The summed E-state index contributed by atoms with van der Waals surface area (Å²) in [6, 6.07) is 13.5. The van der Waals surface area contributed by atoms with Gasteiger partial charge in [-0.2, -0.15) is 0 Å². The number of hydrogen-bond acceptors (Lipinski definition) is 3. The molecule has 0 aliphatic heterocycles. The third-order valence-corrected chi connectivity index (χ3v) is 3.20. The van der Waals surface area contributed by atoms with Crippen LogP contribution in [0.3, 0.4) is 0 Å². The summed E-state index contributed by atoms with van der Waals surface area (Å²) in [7, 11) is 3.28. The highest BCUT2D eigenvalue weighted by Crippen LogP contribution is 2.21. The molecular formula is C17H22IN3O2. The maximum atomic E-state index is 5.92. The Hall–Kier alpha value is -1.96. The molecule has 2 rings (SSSR count).